The van der Waals surface area contributed by atoms with Crippen LogP contribution < -0.4 is 5.32 Å². The Morgan fingerprint density at radius 3 is 2.63 bits per heavy atom. The molecule has 1 aromatic carbocycles. The van der Waals surface area contributed by atoms with Crippen molar-refractivity contribution in [2.24, 2.45) is 0 Å². The molecule has 0 aliphatic heterocycles. The number of amides is 1. The van der Waals surface area contributed by atoms with Crippen LogP contribution in [0.1, 0.15) is 11.3 Å². The lowest BCUT2D eigenvalue weighted by molar-refractivity contribution is -0.137. The summed E-state index contributed by atoms with van der Waals surface area (Å²) >= 11 is 3.04. The van der Waals surface area contributed by atoms with Gasteiger partial charge in [0.05, 0.1) is 12.1 Å². The Labute approximate surface area is 113 Å². The molecule has 0 aliphatic rings. The van der Waals surface area contributed by atoms with Gasteiger partial charge in [-0.25, -0.2) is 4.79 Å². The van der Waals surface area contributed by atoms with E-state index in [2.05, 4.69) is 21.2 Å². The lowest BCUT2D eigenvalue weighted by Crippen LogP contribution is -2.19. The number of carbonyl (C=O) groups is 1. The van der Waals surface area contributed by atoms with Crippen molar-refractivity contribution >= 4 is 33.0 Å². The number of fused-ring (bicyclic) bond motifs is 1. The zero-order valence-corrected chi connectivity index (χ0v) is 10.8. The fourth-order valence-electron chi connectivity index (χ4n) is 1.56. The summed E-state index contributed by atoms with van der Waals surface area (Å²) in [7, 11) is 0. The van der Waals surface area contributed by atoms with E-state index in [1.165, 1.54) is 6.07 Å². The highest BCUT2D eigenvalue weighted by Gasteiger charge is 2.31. The summed E-state index contributed by atoms with van der Waals surface area (Å²) in [4.78, 5) is 10.3. The van der Waals surface area contributed by atoms with Crippen molar-refractivity contribution < 1.29 is 27.5 Å². The van der Waals surface area contributed by atoms with Gasteiger partial charge in [0.2, 0.25) is 0 Å². The normalized spacial score (nSPS) is 11.8. The Bertz CT molecular complexity index is 636. The summed E-state index contributed by atoms with van der Waals surface area (Å²) in [5.41, 5.74) is -0.789. The van der Waals surface area contributed by atoms with Gasteiger partial charge in [-0.15, -0.1) is 0 Å². The maximum atomic E-state index is 12.6. The minimum absolute atomic E-state index is 0.0453. The first-order valence-corrected chi connectivity index (χ1v) is 5.82. The van der Waals surface area contributed by atoms with E-state index in [4.69, 9.17) is 9.52 Å². The molecule has 0 unspecified atom stereocenters. The second-order valence-electron chi connectivity index (χ2n) is 3.74. The molecule has 0 fully saturated rings. The van der Waals surface area contributed by atoms with Crippen molar-refractivity contribution in [1.82, 2.24) is 5.32 Å². The molecule has 0 radical (unpaired) electrons. The molecule has 8 heteroatoms. The van der Waals surface area contributed by atoms with E-state index in [0.717, 1.165) is 12.1 Å². The van der Waals surface area contributed by atoms with Crippen LogP contribution >= 0.6 is 15.9 Å². The molecule has 2 aromatic rings. The molecule has 1 aromatic heterocycles. The standard InChI is InChI=1S/C11H7BrF3NO3/c12-8-1-5(11(13,14)15)2-9-7(8)3-6(19-9)4-16-10(17)18/h1-3,16H,4H2,(H,17,18). The molecule has 102 valence electrons. The predicted octanol–water partition coefficient (Wildman–Crippen LogP) is 3.98. The van der Waals surface area contributed by atoms with Crippen LogP contribution in [0.15, 0.2) is 27.1 Å². The van der Waals surface area contributed by atoms with Crippen molar-refractivity contribution in [3.8, 4) is 0 Å². The van der Waals surface area contributed by atoms with Gasteiger partial charge in [0.15, 0.2) is 0 Å². The SMILES string of the molecule is O=C(O)NCc1cc2c(Br)cc(C(F)(F)F)cc2o1. The van der Waals surface area contributed by atoms with Gasteiger partial charge in [-0.1, -0.05) is 15.9 Å². The predicted molar refractivity (Wildman–Crippen MR) is 63.8 cm³/mol. The van der Waals surface area contributed by atoms with Gasteiger partial charge >= 0.3 is 12.3 Å². The molecule has 1 amide bonds. The molecular formula is C11H7BrF3NO3. The first-order valence-electron chi connectivity index (χ1n) is 5.03. The van der Waals surface area contributed by atoms with Crippen LogP contribution in [0.2, 0.25) is 0 Å². The number of furan rings is 1. The van der Waals surface area contributed by atoms with E-state index < -0.39 is 17.8 Å². The number of halogens is 4. The van der Waals surface area contributed by atoms with E-state index in [-0.39, 0.29) is 22.4 Å². The van der Waals surface area contributed by atoms with Gasteiger partial charge in [-0.05, 0) is 18.2 Å². The summed E-state index contributed by atoms with van der Waals surface area (Å²) in [6, 6.07) is 3.31. The van der Waals surface area contributed by atoms with Crippen LogP contribution in [0.25, 0.3) is 11.0 Å². The molecular weight excluding hydrogens is 331 g/mol. The zero-order valence-electron chi connectivity index (χ0n) is 9.21. The Hall–Kier alpha value is -1.70. The highest BCUT2D eigenvalue weighted by molar-refractivity contribution is 9.10. The Morgan fingerprint density at radius 1 is 1.37 bits per heavy atom. The monoisotopic (exact) mass is 337 g/mol. The third kappa shape index (κ3) is 3.01. The molecule has 0 bridgehead atoms. The summed E-state index contributed by atoms with van der Waals surface area (Å²) < 4.78 is 43.2. The number of alkyl halides is 3. The molecule has 0 spiro atoms. The summed E-state index contributed by atoms with van der Waals surface area (Å²) in [6.45, 7) is -0.113. The summed E-state index contributed by atoms with van der Waals surface area (Å²) in [6.07, 6.45) is -5.71. The van der Waals surface area contributed by atoms with Crippen molar-refractivity contribution in [3.05, 3.63) is 34.0 Å². The fourth-order valence-corrected chi connectivity index (χ4v) is 2.12. The molecule has 0 atom stereocenters. The lowest BCUT2D eigenvalue weighted by Gasteiger charge is -2.06. The first kappa shape index (κ1) is 13.7. The molecule has 0 aliphatic carbocycles. The number of carboxylic acid groups (broad SMARTS) is 1. The van der Waals surface area contributed by atoms with Crippen molar-refractivity contribution in [1.29, 1.82) is 0 Å². The quantitative estimate of drug-likeness (QED) is 0.871. The third-order valence-corrected chi connectivity index (χ3v) is 3.04. The lowest BCUT2D eigenvalue weighted by atomic mass is 10.1. The van der Waals surface area contributed by atoms with Gasteiger partial charge in [0, 0.05) is 9.86 Å². The number of nitrogens with one attached hydrogen (secondary N) is 1. The first-order chi connectivity index (χ1) is 8.77. The zero-order chi connectivity index (χ0) is 14.2. The Kier molecular flexibility index (Phi) is 3.44. The second kappa shape index (κ2) is 4.76. The smallest absolute Gasteiger partial charge is 0.416 e. The van der Waals surface area contributed by atoms with Crippen LogP contribution in [0.5, 0.6) is 0 Å². The van der Waals surface area contributed by atoms with Crippen LogP contribution in [-0.2, 0) is 12.7 Å². The molecule has 2 N–H and O–H groups in total. The maximum absolute atomic E-state index is 12.6. The largest absolute Gasteiger partial charge is 0.465 e. The topological polar surface area (TPSA) is 62.5 Å². The molecule has 0 saturated carbocycles. The molecule has 1 heterocycles. The van der Waals surface area contributed by atoms with Crippen molar-refractivity contribution in [2.45, 2.75) is 12.7 Å². The summed E-state index contributed by atoms with van der Waals surface area (Å²) in [5, 5.41) is 11.0. The number of benzene rings is 1. The third-order valence-electron chi connectivity index (χ3n) is 2.38. The molecule has 4 nitrogen and oxygen atoms in total. The van der Waals surface area contributed by atoms with E-state index in [9.17, 15) is 18.0 Å². The second-order valence-corrected chi connectivity index (χ2v) is 4.59. The molecule has 2 rings (SSSR count). The average Bonchev–Trinajstić information content (AvgIpc) is 2.68. The number of rotatable bonds is 2. The van der Waals surface area contributed by atoms with Gasteiger partial charge in [-0.3, -0.25) is 0 Å². The van der Waals surface area contributed by atoms with Gasteiger partial charge in [-0.2, -0.15) is 13.2 Å². The van der Waals surface area contributed by atoms with Crippen LogP contribution in [-0.4, -0.2) is 11.2 Å². The summed E-state index contributed by atoms with van der Waals surface area (Å²) in [5.74, 6) is 0.234. The van der Waals surface area contributed by atoms with Crippen LogP contribution in [0, 0.1) is 0 Å². The van der Waals surface area contributed by atoms with Gasteiger partial charge in [0.25, 0.3) is 0 Å². The van der Waals surface area contributed by atoms with E-state index in [1.807, 2.05) is 0 Å². The highest BCUT2D eigenvalue weighted by Crippen LogP contribution is 2.36. The van der Waals surface area contributed by atoms with Gasteiger partial charge in [0.1, 0.15) is 11.3 Å². The highest BCUT2D eigenvalue weighted by atomic mass is 79.9. The van der Waals surface area contributed by atoms with Crippen LogP contribution in [0.3, 0.4) is 0 Å². The minimum atomic E-state index is -4.47. The number of hydrogen-bond acceptors (Lipinski definition) is 2. The van der Waals surface area contributed by atoms with Crippen molar-refractivity contribution in [2.75, 3.05) is 0 Å². The Morgan fingerprint density at radius 2 is 2.05 bits per heavy atom. The van der Waals surface area contributed by atoms with E-state index in [1.54, 1.807) is 0 Å². The van der Waals surface area contributed by atoms with Crippen LogP contribution in [0.4, 0.5) is 18.0 Å². The van der Waals surface area contributed by atoms with E-state index in [0.29, 0.717) is 5.39 Å². The fraction of sp³-hybridized carbons (Fsp3) is 0.182. The average molecular weight is 338 g/mol. The molecule has 0 saturated heterocycles. The molecule has 19 heavy (non-hydrogen) atoms. The van der Waals surface area contributed by atoms with Gasteiger partial charge < -0.3 is 14.8 Å². The van der Waals surface area contributed by atoms with E-state index >= 15 is 0 Å². The minimum Gasteiger partial charge on any atom is -0.465 e. The Balaban J connectivity index is 2.42. The number of hydrogen-bond donors (Lipinski definition) is 2. The van der Waals surface area contributed by atoms with Crippen molar-refractivity contribution in [3.63, 3.8) is 0 Å². The maximum Gasteiger partial charge on any atom is 0.416 e.